The minimum absolute atomic E-state index is 0.0128. The first-order valence-corrected chi connectivity index (χ1v) is 6.64. The fourth-order valence-corrected chi connectivity index (χ4v) is 2.20. The molecule has 0 unspecified atom stereocenters. The number of nitrogens with zero attached hydrogens (tertiary/aromatic N) is 2. The minimum atomic E-state index is -0.459. The van der Waals surface area contributed by atoms with Crippen LogP contribution in [0.3, 0.4) is 0 Å². The van der Waals surface area contributed by atoms with Gasteiger partial charge in [0.15, 0.2) is 5.76 Å². The number of rotatable bonds is 3. The Morgan fingerprint density at radius 2 is 1.55 bits per heavy atom. The summed E-state index contributed by atoms with van der Waals surface area (Å²) < 4.78 is 5.12. The molecule has 0 saturated heterocycles. The predicted octanol–water partition coefficient (Wildman–Crippen LogP) is 2.13. The average molecular weight is 295 g/mol. The third kappa shape index (κ3) is 2.24. The fourth-order valence-electron chi connectivity index (χ4n) is 2.20. The molecular formula is C16H13N3O3. The highest BCUT2D eigenvalue weighted by molar-refractivity contribution is 6.25. The van der Waals surface area contributed by atoms with Crippen molar-refractivity contribution >= 4 is 17.3 Å². The number of hydrogen-bond acceptors (Lipinski definition) is 6. The van der Waals surface area contributed by atoms with Crippen LogP contribution in [0.5, 0.6) is 0 Å². The number of methoxy groups -OCH3 is 1. The Morgan fingerprint density at radius 1 is 0.955 bits per heavy atom. The zero-order valence-electron chi connectivity index (χ0n) is 12.1. The first kappa shape index (κ1) is 13.9. The summed E-state index contributed by atoms with van der Waals surface area (Å²) in [6, 6.07) is 7.44. The first-order valence-electron chi connectivity index (χ1n) is 6.64. The Hall–Kier alpha value is -3.02. The molecule has 0 amide bonds. The van der Waals surface area contributed by atoms with Crippen molar-refractivity contribution in [2.45, 2.75) is 6.92 Å². The molecule has 1 aliphatic rings. The number of benzene rings is 1. The van der Waals surface area contributed by atoms with Gasteiger partial charge in [0.2, 0.25) is 5.78 Å². The lowest BCUT2D eigenvalue weighted by atomic mass is 9.99. The zero-order chi connectivity index (χ0) is 15.7. The highest BCUT2D eigenvalue weighted by Crippen LogP contribution is 2.25. The van der Waals surface area contributed by atoms with Gasteiger partial charge in [-0.2, -0.15) is 0 Å². The molecule has 3 rings (SSSR count). The van der Waals surface area contributed by atoms with E-state index in [1.54, 1.807) is 0 Å². The van der Waals surface area contributed by atoms with Crippen molar-refractivity contribution in [3.63, 3.8) is 0 Å². The quantitative estimate of drug-likeness (QED) is 0.934. The average Bonchev–Trinajstić information content (AvgIpc) is 2.55. The van der Waals surface area contributed by atoms with Gasteiger partial charge < -0.3 is 10.1 Å². The van der Waals surface area contributed by atoms with E-state index in [2.05, 4.69) is 15.3 Å². The Labute approximate surface area is 126 Å². The van der Waals surface area contributed by atoms with Gasteiger partial charge in [-0.25, -0.2) is 9.97 Å². The molecule has 22 heavy (non-hydrogen) atoms. The summed E-state index contributed by atoms with van der Waals surface area (Å²) in [6.07, 6.45) is 2.75. The van der Waals surface area contributed by atoms with E-state index in [0.29, 0.717) is 5.69 Å². The fraction of sp³-hybridized carbons (Fsp3) is 0.125. The molecule has 1 heterocycles. The maximum Gasteiger partial charge on any atom is 0.250 e. The molecule has 6 heteroatoms. The van der Waals surface area contributed by atoms with Crippen molar-refractivity contribution in [2.75, 3.05) is 12.4 Å². The number of anilines is 1. The molecule has 0 atom stereocenters. The van der Waals surface area contributed by atoms with Gasteiger partial charge in [0.1, 0.15) is 17.1 Å². The lowest BCUT2D eigenvalue weighted by Gasteiger charge is -2.19. The van der Waals surface area contributed by atoms with Crippen LogP contribution in [0, 0.1) is 6.92 Å². The zero-order valence-corrected chi connectivity index (χ0v) is 12.1. The molecular weight excluding hydrogens is 282 g/mol. The second-order valence-electron chi connectivity index (χ2n) is 4.81. The highest BCUT2D eigenvalue weighted by Gasteiger charge is 2.35. The summed E-state index contributed by atoms with van der Waals surface area (Å²) in [5.74, 6) is -0.932. The molecule has 0 saturated carbocycles. The largest absolute Gasteiger partial charge is 0.491 e. The second kappa shape index (κ2) is 5.40. The lowest BCUT2D eigenvalue weighted by molar-refractivity contribution is 0.0899. The molecule has 0 aliphatic heterocycles. The van der Waals surface area contributed by atoms with Crippen LogP contribution in [-0.2, 0) is 4.74 Å². The van der Waals surface area contributed by atoms with E-state index in [1.165, 1.54) is 19.5 Å². The standard InChI is InChI=1S/C16H13N3O3/c1-9-3-5-10(6-4-9)19-13-14(20)11-12(18-8-7-17-11)15(21)16(13)22-2/h3-8,19H,1-2H3. The molecule has 0 fully saturated rings. The van der Waals surface area contributed by atoms with Gasteiger partial charge in [-0.3, -0.25) is 9.59 Å². The smallest absolute Gasteiger partial charge is 0.250 e. The Bertz CT molecular complexity index is 795. The summed E-state index contributed by atoms with van der Waals surface area (Å²) in [4.78, 5) is 32.8. The van der Waals surface area contributed by atoms with Gasteiger partial charge in [-0.1, -0.05) is 17.7 Å². The summed E-state index contributed by atoms with van der Waals surface area (Å²) in [7, 11) is 1.35. The summed E-state index contributed by atoms with van der Waals surface area (Å²) in [5, 5.41) is 2.95. The van der Waals surface area contributed by atoms with E-state index >= 15 is 0 Å². The Morgan fingerprint density at radius 3 is 2.14 bits per heavy atom. The third-order valence-corrected chi connectivity index (χ3v) is 3.31. The van der Waals surface area contributed by atoms with Gasteiger partial charge in [-0.05, 0) is 19.1 Å². The number of fused-ring (bicyclic) bond motifs is 1. The Kier molecular flexibility index (Phi) is 3.42. The van der Waals surface area contributed by atoms with Crippen molar-refractivity contribution in [2.24, 2.45) is 0 Å². The highest BCUT2D eigenvalue weighted by atomic mass is 16.5. The number of hydrogen-bond donors (Lipinski definition) is 1. The van der Waals surface area contributed by atoms with Crippen LogP contribution in [0.2, 0.25) is 0 Å². The number of aromatic nitrogens is 2. The number of aryl methyl sites for hydroxylation is 1. The summed E-state index contributed by atoms with van der Waals surface area (Å²) in [5.41, 5.74) is 1.89. The maximum absolute atomic E-state index is 12.5. The van der Waals surface area contributed by atoms with Crippen LogP contribution in [0.4, 0.5) is 5.69 Å². The van der Waals surface area contributed by atoms with Gasteiger partial charge in [0.05, 0.1) is 7.11 Å². The molecule has 2 aromatic rings. The number of Topliss-reactive ketones (excluding diaryl/α,β-unsaturated/α-hetero) is 2. The van der Waals surface area contributed by atoms with Crippen LogP contribution in [-0.4, -0.2) is 28.6 Å². The normalized spacial score (nSPS) is 13.9. The Balaban J connectivity index is 2.06. The van der Waals surface area contributed by atoms with Crippen LogP contribution in [0.1, 0.15) is 26.5 Å². The topological polar surface area (TPSA) is 81.2 Å². The van der Waals surface area contributed by atoms with Crippen molar-refractivity contribution in [1.82, 2.24) is 9.97 Å². The summed E-state index contributed by atoms with van der Waals surface area (Å²) >= 11 is 0. The van der Waals surface area contributed by atoms with E-state index in [9.17, 15) is 9.59 Å². The van der Waals surface area contributed by atoms with E-state index < -0.39 is 11.6 Å². The molecule has 110 valence electrons. The first-order chi connectivity index (χ1) is 10.6. The molecule has 6 nitrogen and oxygen atoms in total. The maximum atomic E-state index is 12.5. The van der Waals surface area contributed by atoms with Gasteiger partial charge in [0.25, 0.3) is 5.78 Å². The van der Waals surface area contributed by atoms with Crippen LogP contribution in [0.15, 0.2) is 48.1 Å². The van der Waals surface area contributed by atoms with E-state index in [0.717, 1.165) is 5.56 Å². The molecule has 0 radical (unpaired) electrons. The molecule has 1 aromatic heterocycles. The number of carbonyl (C=O) groups is 2. The van der Waals surface area contributed by atoms with E-state index in [4.69, 9.17) is 4.74 Å². The van der Waals surface area contributed by atoms with E-state index in [-0.39, 0.29) is 22.8 Å². The van der Waals surface area contributed by atoms with Gasteiger partial charge in [0, 0.05) is 18.1 Å². The molecule has 1 N–H and O–H groups in total. The van der Waals surface area contributed by atoms with Crippen molar-refractivity contribution in [3.8, 4) is 0 Å². The van der Waals surface area contributed by atoms with Crippen molar-refractivity contribution in [3.05, 3.63) is 65.1 Å². The molecule has 0 bridgehead atoms. The van der Waals surface area contributed by atoms with Gasteiger partial charge >= 0.3 is 0 Å². The van der Waals surface area contributed by atoms with Crippen molar-refractivity contribution in [1.29, 1.82) is 0 Å². The molecule has 1 aliphatic carbocycles. The second-order valence-corrected chi connectivity index (χ2v) is 4.81. The lowest BCUT2D eigenvalue weighted by Crippen LogP contribution is -2.28. The number of allylic oxidation sites excluding steroid dienone is 2. The van der Waals surface area contributed by atoms with Crippen LogP contribution in [0.25, 0.3) is 0 Å². The number of carbonyl (C=O) groups excluding carboxylic acids is 2. The monoisotopic (exact) mass is 295 g/mol. The van der Waals surface area contributed by atoms with E-state index in [1.807, 2.05) is 31.2 Å². The van der Waals surface area contributed by atoms with Gasteiger partial charge in [-0.15, -0.1) is 0 Å². The van der Waals surface area contributed by atoms with Crippen LogP contribution >= 0.6 is 0 Å². The summed E-state index contributed by atoms with van der Waals surface area (Å²) in [6.45, 7) is 1.96. The SMILES string of the molecule is COC1=C(Nc2ccc(C)cc2)C(=O)c2nccnc2C1=O. The number of nitrogens with one attached hydrogen (secondary N) is 1. The molecule has 0 spiro atoms. The number of ketones is 2. The molecule has 1 aromatic carbocycles. The van der Waals surface area contributed by atoms with Crippen molar-refractivity contribution < 1.29 is 14.3 Å². The minimum Gasteiger partial charge on any atom is -0.491 e. The van der Waals surface area contributed by atoms with Crippen LogP contribution < -0.4 is 5.32 Å². The predicted molar refractivity (Wildman–Crippen MR) is 79.5 cm³/mol. The third-order valence-electron chi connectivity index (χ3n) is 3.31. The number of ether oxygens (including phenoxy) is 1.